The Labute approximate surface area is 183 Å². The molecular weight excluding hydrogens is 397 g/mol. The van der Waals surface area contributed by atoms with Crippen molar-refractivity contribution in [2.45, 2.75) is 82.0 Å². The first-order chi connectivity index (χ1) is 14.9. The highest BCUT2D eigenvalue weighted by Crippen LogP contribution is 2.51. The van der Waals surface area contributed by atoms with Gasteiger partial charge in [-0.3, -0.25) is 9.69 Å². The van der Waals surface area contributed by atoms with Crippen LogP contribution in [-0.4, -0.2) is 59.6 Å². The topological polar surface area (TPSA) is 61.9 Å². The number of hydrogen-bond acceptors (Lipinski definition) is 4. The van der Waals surface area contributed by atoms with Crippen LogP contribution < -0.4 is 5.32 Å². The number of halogens is 1. The van der Waals surface area contributed by atoms with Crippen LogP contribution in [0.5, 0.6) is 0 Å². The Kier molecular flexibility index (Phi) is 5.19. The fourth-order valence-corrected chi connectivity index (χ4v) is 6.83. The molecule has 3 aliphatic heterocycles. The van der Waals surface area contributed by atoms with E-state index in [1.165, 1.54) is 12.5 Å². The fraction of sp³-hybridized carbons (Fsp3) is 0.667. The van der Waals surface area contributed by atoms with Crippen molar-refractivity contribution < 1.29 is 18.7 Å². The van der Waals surface area contributed by atoms with E-state index in [1.807, 2.05) is 17.9 Å². The standard InChI is InChI=1S/C24H32FN3O3/c1-3-31-23(30)28-17-5-6-18(28)12-19(11-17)27-9-8-24(14-27)13-22(26-15(2)29)20-10-16(25)4-7-21(20)24/h4,7,10,17-19,22H,3,5-6,8-9,11-14H2,1-2H3,(H,26,29)/t17?,18?,19?,22-,24?/m0/s1. The summed E-state index contributed by atoms with van der Waals surface area (Å²) >= 11 is 0. The molecule has 0 radical (unpaired) electrons. The summed E-state index contributed by atoms with van der Waals surface area (Å²) in [6.45, 7) is 5.74. The molecule has 0 saturated carbocycles. The van der Waals surface area contributed by atoms with Gasteiger partial charge >= 0.3 is 6.09 Å². The van der Waals surface area contributed by atoms with Crippen LogP contribution in [-0.2, 0) is 14.9 Å². The van der Waals surface area contributed by atoms with Crippen molar-refractivity contribution >= 4 is 12.0 Å². The average molecular weight is 430 g/mol. The van der Waals surface area contributed by atoms with Crippen LogP contribution in [0.2, 0.25) is 0 Å². The zero-order valence-electron chi connectivity index (χ0n) is 18.4. The minimum atomic E-state index is -0.246. The molecule has 4 atom stereocenters. The van der Waals surface area contributed by atoms with Gasteiger partial charge in [0.25, 0.3) is 0 Å². The van der Waals surface area contributed by atoms with Gasteiger partial charge in [0.2, 0.25) is 5.91 Å². The molecule has 2 bridgehead atoms. The van der Waals surface area contributed by atoms with Crippen LogP contribution in [0.1, 0.15) is 69.5 Å². The van der Waals surface area contributed by atoms with Gasteiger partial charge in [-0.05, 0) is 75.3 Å². The lowest BCUT2D eigenvalue weighted by atomic mass is 9.81. The molecule has 6 nitrogen and oxygen atoms in total. The molecule has 1 aromatic carbocycles. The second-order valence-corrected chi connectivity index (χ2v) is 9.81. The molecule has 5 rings (SSSR count). The second kappa shape index (κ2) is 7.76. The third kappa shape index (κ3) is 3.51. The van der Waals surface area contributed by atoms with Crippen molar-refractivity contribution in [2.24, 2.45) is 0 Å². The van der Waals surface area contributed by atoms with Gasteiger partial charge in [0.15, 0.2) is 0 Å². The molecule has 1 aromatic rings. The van der Waals surface area contributed by atoms with E-state index in [9.17, 15) is 14.0 Å². The van der Waals surface area contributed by atoms with Crippen LogP contribution in [0.4, 0.5) is 9.18 Å². The second-order valence-electron chi connectivity index (χ2n) is 9.81. The maximum atomic E-state index is 14.0. The molecule has 1 spiro atoms. The van der Waals surface area contributed by atoms with Crippen LogP contribution in [0, 0.1) is 5.82 Å². The highest BCUT2D eigenvalue weighted by molar-refractivity contribution is 5.74. The van der Waals surface area contributed by atoms with Crippen LogP contribution in [0.25, 0.3) is 0 Å². The van der Waals surface area contributed by atoms with E-state index < -0.39 is 0 Å². The van der Waals surface area contributed by atoms with E-state index in [0.29, 0.717) is 12.6 Å². The highest BCUT2D eigenvalue weighted by Gasteiger charge is 2.52. The maximum Gasteiger partial charge on any atom is 0.410 e. The van der Waals surface area contributed by atoms with Gasteiger partial charge in [0, 0.05) is 37.0 Å². The number of piperidine rings is 1. The average Bonchev–Trinajstić information content (AvgIpc) is 3.35. The number of benzene rings is 1. The Balaban J connectivity index is 1.33. The van der Waals surface area contributed by atoms with Crippen molar-refractivity contribution in [3.8, 4) is 0 Å². The molecule has 3 saturated heterocycles. The molecule has 3 unspecified atom stereocenters. The molecule has 168 valence electrons. The molecule has 31 heavy (non-hydrogen) atoms. The summed E-state index contributed by atoms with van der Waals surface area (Å²) in [5, 5.41) is 3.04. The van der Waals surface area contributed by atoms with E-state index >= 15 is 0 Å². The Morgan fingerprint density at radius 3 is 2.65 bits per heavy atom. The molecule has 0 aromatic heterocycles. The Bertz CT molecular complexity index is 879. The SMILES string of the molecule is CCOC(=O)N1C2CCC1CC(N1CCC3(C[C@H](NC(C)=O)c4cc(F)ccc43)C1)C2. The number of ether oxygens (including phenoxy) is 1. The lowest BCUT2D eigenvalue weighted by Crippen LogP contribution is -2.52. The zero-order chi connectivity index (χ0) is 21.8. The number of nitrogens with one attached hydrogen (secondary N) is 1. The number of fused-ring (bicyclic) bond motifs is 4. The summed E-state index contributed by atoms with van der Waals surface area (Å²) in [7, 11) is 0. The number of nitrogens with zero attached hydrogens (tertiary/aromatic N) is 2. The molecule has 7 heteroatoms. The van der Waals surface area contributed by atoms with Crippen LogP contribution in [0.15, 0.2) is 18.2 Å². The quantitative estimate of drug-likeness (QED) is 0.799. The number of hydrogen-bond donors (Lipinski definition) is 1. The predicted octanol–water partition coefficient (Wildman–Crippen LogP) is 3.50. The highest BCUT2D eigenvalue weighted by atomic mass is 19.1. The minimum absolute atomic E-state index is 0.0343. The van der Waals surface area contributed by atoms with Gasteiger partial charge in [0.1, 0.15) is 5.82 Å². The van der Waals surface area contributed by atoms with Gasteiger partial charge in [-0.2, -0.15) is 0 Å². The van der Waals surface area contributed by atoms with Gasteiger partial charge in [-0.25, -0.2) is 9.18 Å². The monoisotopic (exact) mass is 429 g/mol. The van der Waals surface area contributed by atoms with Crippen LogP contribution >= 0.6 is 0 Å². The number of carbonyl (C=O) groups excluding carboxylic acids is 2. The van der Waals surface area contributed by atoms with Gasteiger partial charge in [-0.1, -0.05) is 6.07 Å². The first-order valence-corrected chi connectivity index (χ1v) is 11.7. The third-order valence-corrected chi connectivity index (χ3v) is 8.02. The molecule has 3 heterocycles. The number of likely N-dealkylation sites (tertiary alicyclic amines) is 1. The van der Waals surface area contributed by atoms with Crippen LogP contribution in [0.3, 0.4) is 0 Å². The molecule has 3 fully saturated rings. The summed E-state index contributed by atoms with van der Waals surface area (Å²) in [5.41, 5.74) is 2.10. The molecule has 4 aliphatic rings. The fourth-order valence-electron chi connectivity index (χ4n) is 6.83. The minimum Gasteiger partial charge on any atom is -0.450 e. The third-order valence-electron chi connectivity index (χ3n) is 8.02. The summed E-state index contributed by atoms with van der Waals surface area (Å²) < 4.78 is 19.3. The first-order valence-electron chi connectivity index (χ1n) is 11.7. The lowest BCUT2D eigenvalue weighted by molar-refractivity contribution is -0.119. The van der Waals surface area contributed by atoms with Gasteiger partial charge in [0.05, 0.1) is 12.6 Å². The summed E-state index contributed by atoms with van der Waals surface area (Å²) in [6, 6.07) is 5.98. The predicted molar refractivity (Wildman–Crippen MR) is 114 cm³/mol. The summed E-state index contributed by atoms with van der Waals surface area (Å²) in [4.78, 5) is 28.8. The van der Waals surface area contributed by atoms with Crippen molar-refractivity contribution in [3.05, 3.63) is 35.1 Å². The maximum absolute atomic E-state index is 14.0. The van der Waals surface area contributed by atoms with Crippen molar-refractivity contribution in [1.82, 2.24) is 15.1 Å². The van der Waals surface area contributed by atoms with E-state index in [0.717, 1.165) is 57.2 Å². The number of carbonyl (C=O) groups is 2. The number of amides is 2. The van der Waals surface area contributed by atoms with Gasteiger partial charge in [-0.15, -0.1) is 0 Å². The van der Waals surface area contributed by atoms with E-state index in [4.69, 9.17) is 4.74 Å². The zero-order valence-corrected chi connectivity index (χ0v) is 18.4. The molecule has 2 amide bonds. The molecule has 1 aliphatic carbocycles. The normalized spacial score (nSPS) is 34.2. The molecular formula is C24H32FN3O3. The van der Waals surface area contributed by atoms with Gasteiger partial charge < -0.3 is 15.0 Å². The Morgan fingerprint density at radius 1 is 1.23 bits per heavy atom. The van der Waals surface area contributed by atoms with E-state index in [2.05, 4.69) is 10.2 Å². The largest absolute Gasteiger partial charge is 0.450 e. The van der Waals surface area contributed by atoms with E-state index in [1.54, 1.807) is 12.1 Å². The van der Waals surface area contributed by atoms with E-state index in [-0.39, 0.29) is 41.4 Å². The molecule has 1 N–H and O–H groups in total. The summed E-state index contributed by atoms with van der Waals surface area (Å²) in [6.07, 6.45) is 5.81. The van der Waals surface area contributed by atoms with Crippen molar-refractivity contribution in [3.63, 3.8) is 0 Å². The Hall–Kier alpha value is -2.15. The lowest BCUT2D eigenvalue weighted by Gasteiger charge is -2.42. The first kappa shape index (κ1) is 20.7. The Morgan fingerprint density at radius 2 is 1.97 bits per heavy atom. The smallest absolute Gasteiger partial charge is 0.410 e. The number of rotatable bonds is 3. The van der Waals surface area contributed by atoms with Crippen molar-refractivity contribution in [1.29, 1.82) is 0 Å². The van der Waals surface area contributed by atoms with Crippen molar-refractivity contribution in [2.75, 3.05) is 19.7 Å². The summed E-state index contributed by atoms with van der Waals surface area (Å²) in [5.74, 6) is -0.320.